The van der Waals surface area contributed by atoms with Crippen molar-refractivity contribution >= 4 is 11.7 Å². The minimum Gasteiger partial charge on any atom is -0.508 e. The molecule has 4 rings (SSSR count). The van der Waals surface area contributed by atoms with Crippen LogP contribution in [0.2, 0.25) is 0 Å². The van der Waals surface area contributed by atoms with E-state index in [4.69, 9.17) is 9.47 Å². The predicted octanol–water partition coefficient (Wildman–Crippen LogP) is 5.30. The first-order chi connectivity index (χ1) is 15.9. The van der Waals surface area contributed by atoms with Crippen LogP contribution in [0.1, 0.15) is 81.2 Å². The number of phenolic OH excluding ortho intramolecular Hbond substituents is 2. The van der Waals surface area contributed by atoms with E-state index in [2.05, 4.69) is 38.3 Å². The lowest BCUT2D eigenvalue weighted by Crippen LogP contribution is -2.52. The largest absolute Gasteiger partial charge is 0.508 e. The summed E-state index contributed by atoms with van der Waals surface area (Å²) < 4.78 is 12.3. The summed E-state index contributed by atoms with van der Waals surface area (Å²) in [5.41, 5.74) is 4.51. The monoisotopic (exact) mass is 468 g/mol. The predicted molar refractivity (Wildman–Crippen MR) is 132 cm³/mol. The third-order valence-corrected chi connectivity index (χ3v) is 6.62. The fourth-order valence-electron chi connectivity index (χ4n) is 4.46. The number of amides is 2. The number of rotatable bonds is 6. The molecule has 34 heavy (non-hydrogen) atoms. The van der Waals surface area contributed by atoms with Gasteiger partial charge in [0, 0.05) is 28.7 Å². The van der Waals surface area contributed by atoms with Gasteiger partial charge in [-0.15, -0.1) is 0 Å². The number of nitrogens with one attached hydrogen (secondary N) is 2. The van der Waals surface area contributed by atoms with Crippen LogP contribution in [0, 0.1) is 5.41 Å². The standard InChI is InChI=1S/C27H36N2O5/c1-15(2)17-8-7-9-18(16(3)4)23(17)29-25(32)28-12-27(33-13-26(5,6)14-34-27)21-11-22(30)19-10-20(19)24(21)31/h7-9,11,15-16,30-31H,10,12-14H2,1-6H3,(H2,28,29,32). The second-order valence-electron chi connectivity index (χ2n) is 10.8. The molecular weight excluding hydrogens is 432 g/mol. The number of benzene rings is 2. The SMILES string of the molecule is CC(C)c1cccc(C(C)C)c1NC(=O)NCC1(c2cc(O)c3c(c2O)C3)OCC(C)(C)CO1. The smallest absolute Gasteiger partial charge is 0.319 e. The Morgan fingerprint density at radius 2 is 1.62 bits per heavy atom. The average molecular weight is 469 g/mol. The zero-order chi connectivity index (χ0) is 24.8. The molecule has 1 saturated heterocycles. The molecule has 2 aromatic rings. The highest BCUT2D eigenvalue weighted by molar-refractivity contribution is 5.91. The Morgan fingerprint density at radius 1 is 1.03 bits per heavy atom. The molecule has 7 nitrogen and oxygen atoms in total. The van der Waals surface area contributed by atoms with E-state index in [1.54, 1.807) is 0 Å². The molecule has 1 heterocycles. The molecule has 0 atom stereocenters. The van der Waals surface area contributed by atoms with Crippen molar-refractivity contribution < 1.29 is 24.5 Å². The van der Waals surface area contributed by atoms with Gasteiger partial charge in [0.2, 0.25) is 5.79 Å². The van der Waals surface area contributed by atoms with Crippen molar-refractivity contribution in [1.29, 1.82) is 0 Å². The van der Waals surface area contributed by atoms with Gasteiger partial charge in [-0.1, -0.05) is 59.7 Å². The number of anilines is 1. The molecule has 0 unspecified atom stereocenters. The second-order valence-corrected chi connectivity index (χ2v) is 10.8. The van der Waals surface area contributed by atoms with Crippen molar-refractivity contribution in [3.8, 4) is 11.5 Å². The summed E-state index contributed by atoms with van der Waals surface area (Å²) in [6.45, 7) is 13.2. The summed E-state index contributed by atoms with van der Waals surface area (Å²) in [5.74, 6) is -0.750. The van der Waals surface area contributed by atoms with E-state index in [0.29, 0.717) is 30.8 Å². The fourth-order valence-corrected chi connectivity index (χ4v) is 4.46. The Morgan fingerprint density at radius 3 is 2.18 bits per heavy atom. The molecular formula is C27H36N2O5. The molecule has 184 valence electrons. The maximum atomic E-state index is 13.1. The zero-order valence-corrected chi connectivity index (χ0v) is 20.9. The highest BCUT2D eigenvalue weighted by atomic mass is 16.7. The number of carbonyl (C=O) groups excluding carboxylic acids is 1. The maximum absolute atomic E-state index is 13.1. The summed E-state index contributed by atoms with van der Waals surface area (Å²) >= 11 is 0. The second kappa shape index (κ2) is 8.78. The summed E-state index contributed by atoms with van der Waals surface area (Å²) in [7, 11) is 0. The van der Waals surface area contributed by atoms with E-state index in [1.807, 2.05) is 32.0 Å². The van der Waals surface area contributed by atoms with Gasteiger partial charge in [-0.25, -0.2) is 4.79 Å². The number of urea groups is 1. The number of carbonyl (C=O) groups is 1. The van der Waals surface area contributed by atoms with E-state index in [-0.39, 0.29) is 41.3 Å². The van der Waals surface area contributed by atoms with Crippen molar-refractivity contribution in [3.63, 3.8) is 0 Å². The van der Waals surface area contributed by atoms with Crippen LogP contribution in [0.25, 0.3) is 0 Å². The molecule has 0 spiro atoms. The minimum atomic E-state index is -1.40. The number of hydrogen-bond acceptors (Lipinski definition) is 5. The summed E-state index contributed by atoms with van der Waals surface area (Å²) in [6, 6.07) is 7.18. The van der Waals surface area contributed by atoms with Gasteiger partial charge in [0.05, 0.1) is 25.3 Å². The van der Waals surface area contributed by atoms with Crippen LogP contribution in [-0.4, -0.2) is 36.0 Å². The summed E-state index contributed by atoms with van der Waals surface area (Å²) in [6.07, 6.45) is 0.539. The van der Waals surface area contributed by atoms with Gasteiger partial charge in [0.25, 0.3) is 0 Å². The van der Waals surface area contributed by atoms with E-state index in [0.717, 1.165) is 22.4 Å². The van der Waals surface area contributed by atoms with Crippen molar-refractivity contribution in [3.05, 3.63) is 52.1 Å². The highest BCUT2D eigenvalue weighted by Crippen LogP contribution is 2.50. The van der Waals surface area contributed by atoms with Gasteiger partial charge in [-0.2, -0.15) is 0 Å². The Bertz CT molecular complexity index is 1070. The Hall–Kier alpha value is -2.77. The number of aromatic hydroxyl groups is 2. The molecule has 0 aromatic heterocycles. The zero-order valence-electron chi connectivity index (χ0n) is 20.9. The summed E-state index contributed by atoms with van der Waals surface area (Å²) in [5, 5.41) is 27.1. The topological polar surface area (TPSA) is 100 Å². The maximum Gasteiger partial charge on any atom is 0.319 e. The molecule has 1 fully saturated rings. The average Bonchev–Trinajstić information content (AvgIpc) is 3.58. The lowest BCUT2D eigenvalue weighted by atomic mass is 9.92. The fraction of sp³-hybridized carbons (Fsp3) is 0.519. The lowest BCUT2D eigenvalue weighted by Gasteiger charge is -2.43. The Balaban J connectivity index is 1.59. The van der Waals surface area contributed by atoms with Crippen LogP contribution in [0.3, 0.4) is 0 Å². The van der Waals surface area contributed by atoms with Gasteiger partial charge in [-0.05, 0) is 29.0 Å². The molecule has 0 saturated carbocycles. The normalized spacial score (nSPS) is 18.0. The third kappa shape index (κ3) is 4.59. The third-order valence-electron chi connectivity index (χ3n) is 6.62. The van der Waals surface area contributed by atoms with Crippen LogP contribution in [0.4, 0.5) is 10.5 Å². The van der Waals surface area contributed by atoms with Crippen molar-refractivity contribution in [2.45, 2.75) is 65.6 Å². The molecule has 7 heteroatoms. The Labute approximate surface area is 201 Å². The van der Waals surface area contributed by atoms with Crippen LogP contribution < -0.4 is 10.6 Å². The van der Waals surface area contributed by atoms with Crippen LogP contribution in [-0.2, 0) is 21.7 Å². The van der Waals surface area contributed by atoms with Crippen molar-refractivity contribution in [2.24, 2.45) is 5.41 Å². The number of fused-ring (bicyclic) bond motifs is 1. The first-order valence-corrected chi connectivity index (χ1v) is 12.0. The molecule has 4 N–H and O–H groups in total. The van der Waals surface area contributed by atoms with Gasteiger partial charge >= 0.3 is 6.03 Å². The van der Waals surface area contributed by atoms with Crippen molar-refractivity contribution in [1.82, 2.24) is 5.32 Å². The number of para-hydroxylation sites is 1. The molecule has 2 amide bonds. The van der Waals surface area contributed by atoms with Gasteiger partial charge in [0.15, 0.2) is 0 Å². The minimum absolute atomic E-state index is 0.0262. The molecule has 2 aliphatic rings. The number of phenols is 2. The highest BCUT2D eigenvalue weighted by Gasteiger charge is 2.46. The van der Waals surface area contributed by atoms with Crippen LogP contribution in [0.15, 0.2) is 24.3 Å². The molecule has 0 bridgehead atoms. The van der Waals surface area contributed by atoms with Gasteiger partial charge in [0.1, 0.15) is 11.5 Å². The molecule has 0 radical (unpaired) electrons. The van der Waals surface area contributed by atoms with Crippen molar-refractivity contribution in [2.75, 3.05) is 25.1 Å². The van der Waals surface area contributed by atoms with E-state index in [1.165, 1.54) is 6.07 Å². The molecule has 2 aromatic carbocycles. The molecule has 1 aliphatic carbocycles. The quantitative estimate of drug-likeness (QED) is 0.368. The van der Waals surface area contributed by atoms with Gasteiger partial charge < -0.3 is 30.3 Å². The van der Waals surface area contributed by atoms with E-state index in [9.17, 15) is 15.0 Å². The lowest BCUT2D eigenvalue weighted by molar-refractivity contribution is -0.304. The van der Waals surface area contributed by atoms with E-state index < -0.39 is 5.79 Å². The van der Waals surface area contributed by atoms with Crippen LogP contribution in [0.5, 0.6) is 11.5 Å². The van der Waals surface area contributed by atoms with Gasteiger partial charge in [-0.3, -0.25) is 0 Å². The van der Waals surface area contributed by atoms with Crippen LogP contribution >= 0.6 is 0 Å². The number of hydrogen-bond donors (Lipinski definition) is 4. The summed E-state index contributed by atoms with van der Waals surface area (Å²) in [4.78, 5) is 13.1. The Kier molecular flexibility index (Phi) is 6.29. The number of ether oxygens (including phenoxy) is 2. The molecule has 1 aliphatic heterocycles. The first-order valence-electron chi connectivity index (χ1n) is 12.0. The van der Waals surface area contributed by atoms with E-state index >= 15 is 0 Å². The first kappa shape index (κ1) is 24.4.